The first-order valence-electron chi connectivity index (χ1n) is 5.65. The van der Waals surface area contributed by atoms with Crippen LogP contribution in [0.4, 0.5) is 17.6 Å². The van der Waals surface area contributed by atoms with Crippen molar-refractivity contribution >= 4 is 35.5 Å². The zero-order chi connectivity index (χ0) is 17.7. The van der Waals surface area contributed by atoms with Gasteiger partial charge < -0.3 is 5.11 Å². The number of aldehydes is 1. The van der Waals surface area contributed by atoms with E-state index in [9.17, 15) is 27.2 Å². The first-order chi connectivity index (χ1) is 10.7. The molecule has 0 heterocycles. The smallest absolute Gasteiger partial charge is 0.338 e. The maximum absolute atomic E-state index is 12.6. The lowest BCUT2D eigenvalue weighted by Gasteiger charge is -1.98. The van der Waals surface area contributed by atoms with Gasteiger partial charge in [0.1, 0.15) is 23.3 Å². The highest BCUT2D eigenvalue weighted by molar-refractivity contribution is 6.31. The molecule has 0 aliphatic carbocycles. The summed E-state index contributed by atoms with van der Waals surface area (Å²) in [5.74, 6) is -5.13. The van der Waals surface area contributed by atoms with Gasteiger partial charge in [0.05, 0.1) is 21.2 Å². The number of carboxylic acids is 1. The average Bonchev–Trinajstić information content (AvgIpc) is 2.47. The van der Waals surface area contributed by atoms with Gasteiger partial charge in [0, 0.05) is 0 Å². The number of carbonyl (C=O) groups is 2. The quantitative estimate of drug-likeness (QED) is 0.472. The number of halogens is 6. The van der Waals surface area contributed by atoms with E-state index in [4.69, 9.17) is 28.3 Å². The number of carbonyl (C=O) groups excluding carboxylic acids is 1. The highest BCUT2D eigenvalue weighted by Gasteiger charge is 2.13. The van der Waals surface area contributed by atoms with Gasteiger partial charge in [0.15, 0.2) is 6.29 Å². The van der Waals surface area contributed by atoms with Crippen LogP contribution in [-0.2, 0) is 0 Å². The second-order valence-electron chi connectivity index (χ2n) is 3.96. The third kappa shape index (κ3) is 4.94. The highest BCUT2D eigenvalue weighted by Crippen LogP contribution is 2.19. The van der Waals surface area contributed by atoms with Gasteiger partial charge >= 0.3 is 5.97 Å². The molecule has 122 valence electrons. The largest absolute Gasteiger partial charge is 0.478 e. The minimum Gasteiger partial charge on any atom is -0.478 e. The maximum Gasteiger partial charge on any atom is 0.338 e. The second-order valence-corrected chi connectivity index (χ2v) is 4.77. The Balaban J connectivity index is 0.000000231. The fraction of sp³-hybridized carbons (Fsp3) is 0. The van der Waals surface area contributed by atoms with Crippen LogP contribution < -0.4 is 0 Å². The molecule has 2 rings (SSSR count). The fourth-order valence-electron chi connectivity index (χ4n) is 1.31. The molecule has 0 aliphatic rings. The Bertz CT molecular complexity index is 766. The van der Waals surface area contributed by atoms with Crippen LogP contribution in [0.1, 0.15) is 20.7 Å². The number of benzene rings is 2. The minimum atomic E-state index is -1.52. The average molecular weight is 369 g/mol. The summed E-state index contributed by atoms with van der Waals surface area (Å²) < 4.78 is 50.2. The highest BCUT2D eigenvalue weighted by atomic mass is 35.5. The first kappa shape index (κ1) is 18.9. The molecule has 0 aromatic heterocycles. The van der Waals surface area contributed by atoms with E-state index in [0.29, 0.717) is 12.1 Å². The number of rotatable bonds is 2. The SMILES string of the molecule is O=C(O)c1cc(F)c(Cl)cc1F.O=Cc1cc(F)c(Cl)cc1F. The van der Waals surface area contributed by atoms with Gasteiger partial charge in [-0.2, -0.15) is 0 Å². The van der Waals surface area contributed by atoms with E-state index in [2.05, 4.69) is 0 Å². The molecule has 3 nitrogen and oxygen atoms in total. The molecule has 0 fully saturated rings. The van der Waals surface area contributed by atoms with Crippen LogP contribution in [0.25, 0.3) is 0 Å². The predicted molar refractivity (Wildman–Crippen MR) is 75.1 cm³/mol. The molecule has 0 amide bonds. The van der Waals surface area contributed by atoms with Crippen LogP contribution in [0.3, 0.4) is 0 Å². The van der Waals surface area contributed by atoms with E-state index >= 15 is 0 Å². The first-order valence-corrected chi connectivity index (χ1v) is 6.40. The Labute approximate surface area is 137 Å². The van der Waals surface area contributed by atoms with Gasteiger partial charge in [-0.15, -0.1) is 0 Å². The molecular weight excluding hydrogens is 363 g/mol. The van der Waals surface area contributed by atoms with Crippen molar-refractivity contribution in [2.24, 2.45) is 0 Å². The molecule has 0 unspecified atom stereocenters. The third-order valence-corrected chi connectivity index (χ3v) is 2.99. The van der Waals surface area contributed by atoms with Crippen molar-refractivity contribution in [2.45, 2.75) is 0 Å². The third-order valence-electron chi connectivity index (χ3n) is 2.41. The van der Waals surface area contributed by atoms with Crippen LogP contribution >= 0.6 is 23.2 Å². The molecule has 0 saturated carbocycles. The molecule has 0 bridgehead atoms. The second kappa shape index (κ2) is 7.94. The van der Waals surface area contributed by atoms with Crippen molar-refractivity contribution in [2.75, 3.05) is 0 Å². The summed E-state index contributed by atoms with van der Waals surface area (Å²) >= 11 is 10.4. The number of aromatic carboxylic acids is 1. The lowest BCUT2D eigenvalue weighted by Crippen LogP contribution is -2.01. The topological polar surface area (TPSA) is 54.4 Å². The summed E-state index contributed by atoms with van der Waals surface area (Å²) in [6.45, 7) is 0. The van der Waals surface area contributed by atoms with E-state index in [1.54, 1.807) is 0 Å². The summed E-state index contributed by atoms with van der Waals surface area (Å²) in [5, 5.41) is 7.57. The van der Waals surface area contributed by atoms with Crippen molar-refractivity contribution < 1.29 is 32.3 Å². The van der Waals surface area contributed by atoms with Crippen LogP contribution in [0.2, 0.25) is 10.0 Å². The minimum absolute atomic E-state index is 0.231. The molecule has 2 aromatic carbocycles. The summed E-state index contributed by atoms with van der Waals surface area (Å²) in [6.07, 6.45) is 0.231. The molecular formula is C14H6Cl2F4O3. The maximum atomic E-state index is 12.6. The van der Waals surface area contributed by atoms with E-state index in [1.807, 2.05) is 0 Å². The van der Waals surface area contributed by atoms with Gasteiger partial charge in [0.25, 0.3) is 0 Å². The number of hydrogen-bond donors (Lipinski definition) is 1. The normalized spacial score (nSPS) is 9.83. The Morgan fingerprint density at radius 2 is 1.35 bits per heavy atom. The zero-order valence-corrected chi connectivity index (χ0v) is 12.4. The molecule has 1 N–H and O–H groups in total. The fourth-order valence-corrected chi connectivity index (χ4v) is 1.62. The monoisotopic (exact) mass is 368 g/mol. The lowest BCUT2D eigenvalue weighted by molar-refractivity contribution is 0.0691. The molecule has 0 radical (unpaired) electrons. The summed E-state index contributed by atoms with van der Waals surface area (Å²) in [6, 6.07) is 2.69. The molecule has 0 saturated heterocycles. The van der Waals surface area contributed by atoms with Gasteiger partial charge in [-0.3, -0.25) is 4.79 Å². The molecule has 0 spiro atoms. The molecule has 0 atom stereocenters. The molecule has 2 aromatic rings. The Hall–Kier alpha value is -2.12. The van der Waals surface area contributed by atoms with Gasteiger partial charge in [-0.25, -0.2) is 22.4 Å². The van der Waals surface area contributed by atoms with Crippen LogP contribution in [0, 0.1) is 23.3 Å². The lowest BCUT2D eigenvalue weighted by atomic mass is 10.2. The number of hydrogen-bond acceptors (Lipinski definition) is 2. The molecule has 9 heteroatoms. The van der Waals surface area contributed by atoms with Crippen LogP contribution in [-0.4, -0.2) is 17.4 Å². The van der Waals surface area contributed by atoms with Crippen molar-refractivity contribution in [1.29, 1.82) is 0 Å². The molecule has 0 aliphatic heterocycles. The molecule has 23 heavy (non-hydrogen) atoms. The Kier molecular flexibility index (Phi) is 6.53. The zero-order valence-electron chi connectivity index (χ0n) is 10.9. The van der Waals surface area contributed by atoms with E-state index in [-0.39, 0.29) is 16.9 Å². The van der Waals surface area contributed by atoms with Gasteiger partial charge in [-0.05, 0) is 24.3 Å². The Morgan fingerprint density at radius 3 is 1.83 bits per heavy atom. The summed E-state index contributed by atoms with van der Waals surface area (Å²) in [4.78, 5) is 20.3. The predicted octanol–water partition coefficient (Wildman–Crippen LogP) is 4.75. The van der Waals surface area contributed by atoms with Gasteiger partial charge in [0.2, 0.25) is 0 Å². The van der Waals surface area contributed by atoms with Crippen LogP contribution in [0.15, 0.2) is 24.3 Å². The van der Waals surface area contributed by atoms with E-state index in [0.717, 1.165) is 12.1 Å². The van der Waals surface area contributed by atoms with Crippen molar-refractivity contribution in [3.05, 3.63) is 68.7 Å². The summed E-state index contributed by atoms with van der Waals surface area (Å²) in [7, 11) is 0. The van der Waals surface area contributed by atoms with Crippen molar-refractivity contribution in [3.63, 3.8) is 0 Å². The van der Waals surface area contributed by atoms with E-state index in [1.165, 1.54) is 0 Å². The van der Waals surface area contributed by atoms with Gasteiger partial charge in [-0.1, -0.05) is 23.2 Å². The summed E-state index contributed by atoms with van der Waals surface area (Å²) in [5.41, 5.74) is -1.05. The standard InChI is InChI=1S/C7H3ClF2O2.C7H3ClF2O/c8-4-2-5(9)3(7(11)12)1-6(4)10;8-5-2-6(9)4(3-11)1-7(5)10/h1-2H,(H,11,12);1-3H. The number of carboxylic acid groups (broad SMARTS) is 1. The van der Waals surface area contributed by atoms with Crippen LogP contribution in [0.5, 0.6) is 0 Å². The van der Waals surface area contributed by atoms with Crippen molar-refractivity contribution in [1.82, 2.24) is 0 Å². The Morgan fingerprint density at radius 1 is 0.870 bits per heavy atom. The van der Waals surface area contributed by atoms with Crippen molar-refractivity contribution in [3.8, 4) is 0 Å². The van der Waals surface area contributed by atoms with E-state index < -0.39 is 39.8 Å².